The van der Waals surface area contributed by atoms with Crippen molar-refractivity contribution in [2.24, 2.45) is 10.9 Å². The summed E-state index contributed by atoms with van der Waals surface area (Å²) in [5.41, 5.74) is 9.72. The van der Waals surface area contributed by atoms with Gasteiger partial charge in [0.25, 0.3) is 0 Å². The number of rotatable bonds is 11. The van der Waals surface area contributed by atoms with E-state index in [0.29, 0.717) is 33.9 Å². The van der Waals surface area contributed by atoms with E-state index < -0.39 is 18.0 Å². The molecule has 1 saturated heterocycles. The van der Waals surface area contributed by atoms with E-state index in [1.54, 1.807) is 12.0 Å². The molecule has 0 aliphatic carbocycles. The Morgan fingerprint density at radius 3 is 2.34 bits per heavy atom. The first-order chi connectivity index (χ1) is 23.6. The summed E-state index contributed by atoms with van der Waals surface area (Å²) < 4.78 is 74.3. The zero-order valence-corrected chi connectivity index (χ0v) is 28.8. The molecule has 0 saturated carbocycles. The number of hydrogen-bond acceptors (Lipinski definition) is 8. The summed E-state index contributed by atoms with van der Waals surface area (Å²) in [4.78, 5) is 23.4. The molecule has 0 radical (unpaired) electrons. The Morgan fingerprint density at radius 2 is 1.70 bits per heavy atom. The fourth-order valence-corrected chi connectivity index (χ4v) is 5.92. The predicted octanol–water partition coefficient (Wildman–Crippen LogP) is 7.25. The number of nitrogens with one attached hydrogen (secondary N) is 2. The van der Waals surface area contributed by atoms with Gasteiger partial charge in [-0.3, -0.25) is 15.1 Å². The minimum Gasteiger partial charge on any atom is -0.497 e. The van der Waals surface area contributed by atoms with Crippen molar-refractivity contribution in [3.63, 3.8) is 0 Å². The van der Waals surface area contributed by atoms with Crippen molar-refractivity contribution < 1.29 is 36.2 Å². The number of amides is 1. The molecular formula is C33H32F5N7O3S2. The van der Waals surface area contributed by atoms with Crippen molar-refractivity contribution in [3.05, 3.63) is 84.2 Å². The Morgan fingerprint density at radius 1 is 1.02 bits per heavy atom. The molecule has 0 spiro atoms. The van der Waals surface area contributed by atoms with Crippen molar-refractivity contribution in [2.75, 3.05) is 17.8 Å². The lowest BCUT2D eigenvalue weighted by Gasteiger charge is -2.22. The molecule has 1 atom stereocenters. The molecule has 5 rings (SSSR count). The second kappa shape index (κ2) is 15.1. The van der Waals surface area contributed by atoms with Gasteiger partial charge in [-0.2, -0.15) is 26.9 Å². The van der Waals surface area contributed by atoms with Crippen LogP contribution in [0.5, 0.6) is 11.5 Å². The molecular weight excluding hydrogens is 702 g/mol. The summed E-state index contributed by atoms with van der Waals surface area (Å²) >= 11 is 6.79. The number of thiocarbonyl (C=S) groups is 1. The van der Waals surface area contributed by atoms with Crippen LogP contribution in [0.15, 0.2) is 78.0 Å². The van der Waals surface area contributed by atoms with Gasteiger partial charge in [0, 0.05) is 17.7 Å². The van der Waals surface area contributed by atoms with Gasteiger partial charge in [0.1, 0.15) is 17.8 Å². The molecule has 1 unspecified atom stereocenters. The number of alkyl halides is 5. The third-order valence-electron chi connectivity index (χ3n) is 7.36. The SMILES string of the molecule is COc1ccc(CC(C)C)c(N2C(=O)CS/C2=N\C(=S)NNC(C)c2ccc(-c3ncn(-c4ccc(OC(F)(F)C(F)(F)F)cc4)n3)cc2)c1. The Bertz CT molecular complexity index is 1870. The third-order valence-corrected chi connectivity index (χ3v) is 8.47. The van der Waals surface area contributed by atoms with E-state index in [2.05, 4.69) is 44.5 Å². The summed E-state index contributed by atoms with van der Waals surface area (Å²) in [6, 6.07) is 17.3. The van der Waals surface area contributed by atoms with E-state index in [-0.39, 0.29) is 22.8 Å². The Labute approximate surface area is 294 Å². The number of aliphatic imine (C=N–C) groups is 1. The number of thioether (sulfide) groups is 1. The number of nitrogens with zero attached hydrogens (tertiary/aromatic N) is 5. The summed E-state index contributed by atoms with van der Waals surface area (Å²) in [6.45, 7) is 6.13. The quantitative estimate of drug-likeness (QED) is 0.0937. The van der Waals surface area contributed by atoms with Crippen molar-refractivity contribution in [2.45, 2.75) is 45.5 Å². The Kier molecular flexibility index (Phi) is 11.1. The van der Waals surface area contributed by atoms with Crippen LogP contribution in [-0.4, -0.2) is 56.1 Å². The molecule has 1 aliphatic rings. The summed E-state index contributed by atoms with van der Waals surface area (Å²) in [6.07, 6.45) is -9.01. The molecule has 50 heavy (non-hydrogen) atoms. The first-order valence-corrected chi connectivity index (χ1v) is 16.6. The highest BCUT2D eigenvalue weighted by Gasteiger charge is 2.61. The largest absolute Gasteiger partial charge is 0.499 e. The lowest BCUT2D eigenvalue weighted by atomic mass is 10.0. The second-order valence-corrected chi connectivity index (χ2v) is 12.9. The Balaban J connectivity index is 1.20. The maximum atomic E-state index is 13.2. The maximum absolute atomic E-state index is 13.2. The van der Waals surface area contributed by atoms with Gasteiger partial charge in [-0.1, -0.05) is 55.9 Å². The summed E-state index contributed by atoms with van der Waals surface area (Å²) in [5, 5.41) is 4.99. The fraction of sp³-hybridized carbons (Fsp3) is 0.303. The summed E-state index contributed by atoms with van der Waals surface area (Å²) in [7, 11) is 1.58. The average Bonchev–Trinajstić information content (AvgIpc) is 3.70. The van der Waals surface area contributed by atoms with E-state index >= 15 is 0 Å². The number of aromatic nitrogens is 3. The fourth-order valence-electron chi connectivity index (χ4n) is 4.85. The topological polar surface area (TPSA) is 106 Å². The van der Waals surface area contributed by atoms with Crippen molar-refractivity contribution in [1.29, 1.82) is 0 Å². The first-order valence-electron chi connectivity index (χ1n) is 15.2. The molecule has 17 heteroatoms. The number of ether oxygens (including phenoxy) is 2. The number of hydrogen-bond donors (Lipinski definition) is 2. The van der Waals surface area contributed by atoms with Crippen molar-refractivity contribution >= 4 is 45.9 Å². The van der Waals surface area contributed by atoms with Gasteiger partial charge in [-0.15, -0.1) is 5.10 Å². The zero-order chi connectivity index (χ0) is 36.2. The highest BCUT2D eigenvalue weighted by atomic mass is 32.2. The standard InChI is InChI=1S/C33H32F5N7O3S2/c1-19(2)15-23-9-12-26(47-4)16-27(23)45-28(46)17-50-31(45)40-30(49)42-41-20(3)21-5-7-22(8-6-21)29-39-18-44(43-29)24-10-13-25(14-11-24)48-33(37,38)32(34,35)36/h5-14,16,18-20,41H,15,17H2,1-4H3,(H,42,49)/b40-31-. The average molecular weight is 734 g/mol. The maximum Gasteiger partial charge on any atom is 0.499 e. The van der Waals surface area contributed by atoms with E-state index in [1.165, 1.54) is 34.9 Å². The first kappa shape index (κ1) is 36.7. The normalized spacial score (nSPS) is 15.1. The van der Waals surface area contributed by atoms with Crippen LogP contribution in [0.1, 0.15) is 37.9 Å². The number of halogens is 5. The lowest BCUT2D eigenvalue weighted by molar-refractivity contribution is -0.360. The number of methoxy groups -OCH3 is 1. The molecule has 1 aliphatic heterocycles. The minimum atomic E-state index is -5.84. The van der Waals surface area contributed by atoms with Crippen LogP contribution in [0.4, 0.5) is 27.6 Å². The highest BCUT2D eigenvalue weighted by Crippen LogP contribution is 2.37. The number of carbonyl (C=O) groups is 1. The molecule has 10 nitrogen and oxygen atoms in total. The predicted molar refractivity (Wildman–Crippen MR) is 185 cm³/mol. The van der Waals surface area contributed by atoms with Crippen molar-refractivity contribution in [3.8, 4) is 28.6 Å². The molecule has 0 bridgehead atoms. The number of benzene rings is 3. The number of amidine groups is 1. The van der Waals surface area contributed by atoms with Gasteiger partial charge in [0.15, 0.2) is 11.0 Å². The third kappa shape index (κ3) is 8.57. The van der Waals surface area contributed by atoms with E-state index in [1.807, 2.05) is 49.4 Å². The molecule has 264 valence electrons. The van der Waals surface area contributed by atoms with Crippen LogP contribution in [-0.2, 0) is 11.2 Å². The molecule has 4 aromatic rings. The van der Waals surface area contributed by atoms with E-state index in [0.717, 1.165) is 35.4 Å². The number of hydrazine groups is 1. The van der Waals surface area contributed by atoms with Gasteiger partial charge in [-0.05, 0) is 72.9 Å². The monoisotopic (exact) mass is 733 g/mol. The highest BCUT2D eigenvalue weighted by molar-refractivity contribution is 8.15. The van der Waals surface area contributed by atoms with Crippen LogP contribution in [0.25, 0.3) is 17.1 Å². The van der Waals surface area contributed by atoms with Gasteiger partial charge in [0.2, 0.25) is 11.0 Å². The van der Waals surface area contributed by atoms with Crippen LogP contribution in [0.3, 0.4) is 0 Å². The molecule has 1 aromatic heterocycles. The summed E-state index contributed by atoms with van der Waals surface area (Å²) in [5.74, 6) is 0.834. The van der Waals surface area contributed by atoms with Gasteiger partial charge in [-0.25, -0.2) is 15.1 Å². The molecule has 1 amide bonds. The van der Waals surface area contributed by atoms with Crippen LogP contribution in [0, 0.1) is 5.92 Å². The van der Waals surface area contributed by atoms with E-state index in [4.69, 9.17) is 17.0 Å². The minimum absolute atomic E-state index is 0.102. The van der Waals surface area contributed by atoms with Crippen molar-refractivity contribution in [1.82, 2.24) is 25.6 Å². The van der Waals surface area contributed by atoms with Crippen LogP contribution in [0.2, 0.25) is 0 Å². The van der Waals surface area contributed by atoms with Gasteiger partial charge < -0.3 is 9.47 Å². The van der Waals surface area contributed by atoms with Crippen LogP contribution >= 0.6 is 24.0 Å². The van der Waals surface area contributed by atoms with Crippen LogP contribution < -0.4 is 25.2 Å². The zero-order valence-electron chi connectivity index (χ0n) is 27.2. The number of anilines is 1. The smallest absolute Gasteiger partial charge is 0.497 e. The van der Waals surface area contributed by atoms with E-state index in [9.17, 15) is 26.7 Å². The second-order valence-electron chi connectivity index (χ2n) is 11.5. The number of carbonyl (C=O) groups excluding carboxylic acids is 1. The van der Waals surface area contributed by atoms with Gasteiger partial charge >= 0.3 is 12.3 Å². The lowest BCUT2D eigenvalue weighted by Crippen LogP contribution is -2.41. The molecule has 2 N–H and O–H groups in total. The molecule has 2 heterocycles. The Hall–Kier alpha value is -4.61. The molecule has 3 aromatic carbocycles. The van der Waals surface area contributed by atoms with Gasteiger partial charge in [0.05, 0.1) is 24.2 Å². The molecule has 1 fully saturated rings.